The van der Waals surface area contributed by atoms with E-state index in [9.17, 15) is 4.79 Å². The molecule has 1 aliphatic rings. The molecule has 1 saturated carbocycles. The van der Waals surface area contributed by atoms with E-state index >= 15 is 0 Å². The number of para-hydroxylation sites is 1. The maximum atomic E-state index is 12.1. The molecule has 0 aliphatic heterocycles. The van der Waals surface area contributed by atoms with Crippen molar-refractivity contribution in [1.29, 1.82) is 0 Å². The number of carbonyl (C=O) groups is 1. The van der Waals surface area contributed by atoms with Crippen molar-refractivity contribution in [3.05, 3.63) is 66.5 Å². The first-order chi connectivity index (χ1) is 18.5. The second-order valence-electron chi connectivity index (χ2n) is 9.79. The maximum absolute atomic E-state index is 12.1. The third kappa shape index (κ3) is 4.30. The Morgan fingerprint density at radius 2 is 1.84 bits per heavy atom. The number of anilines is 1. The molecule has 3 aromatic heterocycles. The van der Waals surface area contributed by atoms with Gasteiger partial charge in [0.05, 0.1) is 16.9 Å². The van der Waals surface area contributed by atoms with Crippen LogP contribution in [-0.4, -0.2) is 37.7 Å². The van der Waals surface area contributed by atoms with Gasteiger partial charge in [0.2, 0.25) is 11.8 Å². The van der Waals surface area contributed by atoms with Crippen LogP contribution in [0.3, 0.4) is 0 Å². The number of pyridine rings is 1. The average Bonchev–Trinajstić information content (AvgIpc) is 3.34. The zero-order valence-corrected chi connectivity index (χ0v) is 21.4. The standard InChI is InChI=1S/C29H29N7O2/c1-17-14-24(38-21-6-4-3-5-7-21)34-23-15-19(10-13-22(17)23)26-25-27(30)32-16-33-28(25)36(35-26)20-11-8-18(9-12-20)29(37)31-2/h3-7,10,13-16,18,20H,8-9,11-12H2,1-2H3,(H,31,37)(H2,30,32,33). The Bertz CT molecular complexity index is 1640. The third-order valence-electron chi connectivity index (χ3n) is 7.41. The number of nitrogens with zero attached hydrogens (tertiary/aromatic N) is 5. The van der Waals surface area contributed by atoms with Crippen LogP contribution in [0.2, 0.25) is 0 Å². The van der Waals surface area contributed by atoms with Crippen LogP contribution < -0.4 is 15.8 Å². The normalized spacial score (nSPS) is 17.5. The molecule has 0 unspecified atom stereocenters. The summed E-state index contributed by atoms with van der Waals surface area (Å²) in [4.78, 5) is 25.7. The smallest absolute Gasteiger partial charge is 0.222 e. The van der Waals surface area contributed by atoms with Crippen LogP contribution in [0.5, 0.6) is 11.6 Å². The van der Waals surface area contributed by atoms with Gasteiger partial charge in [-0.2, -0.15) is 5.10 Å². The number of carbonyl (C=O) groups excluding carboxylic acids is 1. The van der Waals surface area contributed by atoms with Gasteiger partial charge >= 0.3 is 0 Å². The molecule has 3 N–H and O–H groups in total. The molecule has 1 amide bonds. The van der Waals surface area contributed by atoms with Gasteiger partial charge in [-0.05, 0) is 56.4 Å². The van der Waals surface area contributed by atoms with E-state index in [1.807, 2.05) is 60.1 Å². The number of aryl methyl sites for hydroxylation is 1. The van der Waals surface area contributed by atoms with E-state index in [0.29, 0.717) is 17.3 Å². The van der Waals surface area contributed by atoms with Crippen LogP contribution in [0.15, 0.2) is 60.9 Å². The molecule has 5 aromatic rings. The molecule has 9 heteroatoms. The third-order valence-corrected chi connectivity index (χ3v) is 7.41. The van der Waals surface area contributed by atoms with Crippen molar-refractivity contribution in [2.75, 3.05) is 12.8 Å². The number of nitrogens with one attached hydrogen (secondary N) is 1. The van der Waals surface area contributed by atoms with Gasteiger partial charge in [0, 0.05) is 30.0 Å². The quantitative estimate of drug-likeness (QED) is 0.335. The summed E-state index contributed by atoms with van der Waals surface area (Å²) in [5.41, 5.74) is 10.6. The molecule has 3 heterocycles. The largest absolute Gasteiger partial charge is 0.439 e. The Balaban J connectivity index is 1.40. The Kier molecular flexibility index (Phi) is 6.11. The molecule has 9 nitrogen and oxygen atoms in total. The fourth-order valence-corrected chi connectivity index (χ4v) is 5.42. The zero-order chi connectivity index (χ0) is 26.2. The lowest BCUT2D eigenvalue weighted by molar-refractivity contribution is -0.125. The van der Waals surface area contributed by atoms with Crippen LogP contribution in [-0.2, 0) is 4.79 Å². The van der Waals surface area contributed by atoms with E-state index in [2.05, 4.69) is 21.4 Å². The highest BCUT2D eigenvalue weighted by Gasteiger charge is 2.29. The summed E-state index contributed by atoms with van der Waals surface area (Å²) >= 11 is 0. The topological polar surface area (TPSA) is 121 Å². The van der Waals surface area contributed by atoms with Crippen molar-refractivity contribution in [3.8, 4) is 22.9 Å². The molecule has 1 aliphatic carbocycles. The highest BCUT2D eigenvalue weighted by molar-refractivity contribution is 6.00. The number of nitrogens with two attached hydrogens (primary N) is 1. The number of hydrogen-bond acceptors (Lipinski definition) is 7. The van der Waals surface area contributed by atoms with Crippen LogP contribution in [0.25, 0.3) is 33.2 Å². The second kappa shape index (κ2) is 9.74. The first kappa shape index (κ1) is 23.8. The minimum atomic E-state index is 0.0411. The van der Waals surface area contributed by atoms with Gasteiger partial charge < -0.3 is 15.8 Å². The molecule has 38 heavy (non-hydrogen) atoms. The summed E-state index contributed by atoms with van der Waals surface area (Å²) in [5.74, 6) is 1.80. The first-order valence-corrected chi connectivity index (χ1v) is 12.9. The van der Waals surface area contributed by atoms with Crippen molar-refractivity contribution in [2.24, 2.45) is 5.92 Å². The summed E-state index contributed by atoms with van der Waals surface area (Å²) in [5, 5.41) is 9.57. The number of rotatable bonds is 5. The van der Waals surface area contributed by atoms with E-state index in [1.165, 1.54) is 6.33 Å². The molecule has 0 spiro atoms. The lowest BCUT2D eigenvalue weighted by Gasteiger charge is -2.27. The van der Waals surface area contributed by atoms with Gasteiger partial charge in [0.25, 0.3) is 0 Å². The zero-order valence-electron chi connectivity index (χ0n) is 21.4. The minimum Gasteiger partial charge on any atom is -0.439 e. The number of amides is 1. The fraction of sp³-hybridized carbons (Fsp3) is 0.276. The monoisotopic (exact) mass is 507 g/mol. The van der Waals surface area contributed by atoms with E-state index in [1.54, 1.807) is 7.05 Å². The van der Waals surface area contributed by atoms with E-state index in [-0.39, 0.29) is 17.9 Å². The number of nitrogen functional groups attached to an aromatic ring is 1. The van der Waals surface area contributed by atoms with Crippen molar-refractivity contribution in [2.45, 2.75) is 38.6 Å². The van der Waals surface area contributed by atoms with Gasteiger partial charge in [-0.3, -0.25) is 4.79 Å². The van der Waals surface area contributed by atoms with E-state index in [0.717, 1.165) is 64.5 Å². The van der Waals surface area contributed by atoms with Gasteiger partial charge in [-0.25, -0.2) is 19.6 Å². The molecule has 0 saturated heterocycles. The van der Waals surface area contributed by atoms with Gasteiger partial charge in [-0.1, -0.05) is 30.3 Å². The van der Waals surface area contributed by atoms with Crippen molar-refractivity contribution < 1.29 is 9.53 Å². The highest BCUT2D eigenvalue weighted by atomic mass is 16.5. The number of hydrogen-bond donors (Lipinski definition) is 2. The van der Waals surface area contributed by atoms with Gasteiger partial charge in [0.15, 0.2) is 5.65 Å². The minimum absolute atomic E-state index is 0.0411. The van der Waals surface area contributed by atoms with Crippen LogP contribution in [0, 0.1) is 12.8 Å². The molecular weight excluding hydrogens is 478 g/mol. The molecule has 0 atom stereocenters. The van der Waals surface area contributed by atoms with Crippen LogP contribution >= 0.6 is 0 Å². The van der Waals surface area contributed by atoms with E-state index in [4.69, 9.17) is 20.6 Å². The van der Waals surface area contributed by atoms with Crippen LogP contribution in [0.4, 0.5) is 5.82 Å². The number of fused-ring (bicyclic) bond motifs is 2. The number of ether oxygens (including phenoxy) is 1. The Morgan fingerprint density at radius 3 is 2.61 bits per heavy atom. The lowest BCUT2D eigenvalue weighted by atomic mass is 9.85. The highest BCUT2D eigenvalue weighted by Crippen LogP contribution is 2.38. The first-order valence-electron chi connectivity index (χ1n) is 12.9. The molecule has 0 bridgehead atoms. The predicted molar refractivity (Wildman–Crippen MR) is 147 cm³/mol. The summed E-state index contributed by atoms with van der Waals surface area (Å²) < 4.78 is 7.99. The van der Waals surface area contributed by atoms with E-state index < -0.39 is 0 Å². The Labute approximate surface area is 220 Å². The van der Waals surface area contributed by atoms with Gasteiger partial charge in [0.1, 0.15) is 23.6 Å². The lowest BCUT2D eigenvalue weighted by Crippen LogP contribution is -2.31. The summed E-state index contributed by atoms with van der Waals surface area (Å²) in [6, 6.07) is 17.8. The second-order valence-corrected chi connectivity index (χ2v) is 9.79. The fourth-order valence-electron chi connectivity index (χ4n) is 5.42. The van der Waals surface area contributed by atoms with Crippen molar-refractivity contribution in [1.82, 2.24) is 30.0 Å². The molecule has 6 rings (SSSR count). The maximum Gasteiger partial charge on any atom is 0.222 e. The Morgan fingerprint density at radius 1 is 1.05 bits per heavy atom. The van der Waals surface area contributed by atoms with Gasteiger partial charge in [-0.15, -0.1) is 0 Å². The Hall–Kier alpha value is -4.53. The van der Waals surface area contributed by atoms with Crippen molar-refractivity contribution >= 4 is 33.7 Å². The summed E-state index contributed by atoms with van der Waals surface area (Å²) in [6.45, 7) is 2.05. The van der Waals surface area contributed by atoms with Crippen molar-refractivity contribution in [3.63, 3.8) is 0 Å². The molecule has 0 radical (unpaired) electrons. The summed E-state index contributed by atoms with van der Waals surface area (Å²) in [7, 11) is 1.69. The molecule has 2 aromatic carbocycles. The molecule has 192 valence electrons. The predicted octanol–water partition coefficient (Wildman–Crippen LogP) is 5.20. The van der Waals surface area contributed by atoms with Crippen LogP contribution in [0.1, 0.15) is 37.3 Å². The summed E-state index contributed by atoms with van der Waals surface area (Å²) in [6.07, 6.45) is 4.79. The average molecular weight is 508 g/mol. The number of benzene rings is 2. The number of aromatic nitrogens is 5. The molecular formula is C29H29N7O2. The molecule has 1 fully saturated rings. The SMILES string of the molecule is CNC(=O)C1CCC(n2nc(-c3ccc4c(C)cc(Oc5ccccc5)nc4c3)c3c(N)ncnc32)CC1.